The molecule has 0 radical (unpaired) electrons. The van der Waals surface area contributed by atoms with E-state index in [0.29, 0.717) is 0 Å². The first-order chi connectivity index (χ1) is 5.95. The highest BCUT2D eigenvalue weighted by atomic mass is 16.4. The maximum Gasteiger partial charge on any atom is 0.339 e. The molecule has 1 aromatic carbocycles. The van der Waals surface area contributed by atoms with E-state index < -0.39 is 28.8 Å². The number of aromatic carboxylic acids is 1. The van der Waals surface area contributed by atoms with E-state index in [1.54, 1.807) is 0 Å². The first-order valence-corrected chi connectivity index (χ1v) is 3.43. The number of aromatic hydroxyl groups is 3. The highest BCUT2D eigenvalue weighted by Crippen LogP contribution is 2.39. The summed E-state index contributed by atoms with van der Waals surface area (Å²) in [6.07, 6.45) is 0. The van der Waals surface area contributed by atoms with Gasteiger partial charge in [0, 0.05) is 0 Å². The first-order valence-electron chi connectivity index (χ1n) is 3.43. The third kappa shape index (κ3) is 1.35. The summed E-state index contributed by atoms with van der Waals surface area (Å²) in [5, 5.41) is 35.7. The summed E-state index contributed by atoms with van der Waals surface area (Å²) in [4.78, 5) is 10.6. The van der Waals surface area contributed by atoms with Crippen LogP contribution in [0.2, 0.25) is 0 Å². The van der Waals surface area contributed by atoms with Crippen LogP contribution in [0.25, 0.3) is 0 Å². The van der Waals surface area contributed by atoms with Gasteiger partial charge in [0.05, 0.1) is 0 Å². The van der Waals surface area contributed by atoms with Crippen LogP contribution in [-0.4, -0.2) is 26.4 Å². The molecule has 0 amide bonds. The second-order valence-electron chi connectivity index (χ2n) is 2.59. The minimum absolute atomic E-state index is 0.181. The molecular weight excluding hydrogens is 176 g/mol. The molecule has 70 valence electrons. The van der Waals surface area contributed by atoms with Crippen molar-refractivity contribution in [1.82, 2.24) is 0 Å². The lowest BCUT2D eigenvalue weighted by molar-refractivity contribution is 0.0692. The zero-order valence-corrected chi connectivity index (χ0v) is 6.77. The lowest BCUT2D eigenvalue weighted by Crippen LogP contribution is -2.00. The number of carboxylic acids is 1. The molecule has 1 rings (SSSR count). The number of phenols is 3. The van der Waals surface area contributed by atoms with Crippen molar-refractivity contribution in [2.75, 3.05) is 0 Å². The number of phenolic OH excluding ortho intramolecular Hbond substituents is 2. The van der Waals surface area contributed by atoms with Crippen LogP contribution in [0, 0.1) is 6.92 Å². The molecule has 1 aromatic rings. The van der Waals surface area contributed by atoms with Crippen molar-refractivity contribution in [1.29, 1.82) is 0 Å². The van der Waals surface area contributed by atoms with Crippen molar-refractivity contribution in [3.05, 3.63) is 17.2 Å². The highest BCUT2D eigenvalue weighted by molar-refractivity contribution is 5.94. The van der Waals surface area contributed by atoms with Gasteiger partial charge in [-0.15, -0.1) is 0 Å². The summed E-state index contributed by atoms with van der Waals surface area (Å²) in [5.74, 6) is -3.53. The SMILES string of the molecule is Cc1cc(O)c(O)c(O)c1C(=O)O. The van der Waals surface area contributed by atoms with Crippen LogP contribution in [0.4, 0.5) is 0 Å². The van der Waals surface area contributed by atoms with Gasteiger partial charge in [0.25, 0.3) is 0 Å². The van der Waals surface area contributed by atoms with Crippen LogP contribution in [0.5, 0.6) is 17.2 Å². The Balaban J connectivity index is 3.53. The molecule has 0 fully saturated rings. The van der Waals surface area contributed by atoms with E-state index in [-0.39, 0.29) is 5.56 Å². The fourth-order valence-corrected chi connectivity index (χ4v) is 1.04. The van der Waals surface area contributed by atoms with E-state index >= 15 is 0 Å². The van der Waals surface area contributed by atoms with Crippen LogP contribution in [0.1, 0.15) is 15.9 Å². The van der Waals surface area contributed by atoms with E-state index in [2.05, 4.69) is 0 Å². The molecule has 0 aliphatic rings. The molecular formula is C8H8O5. The predicted octanol–water partition coefficient (Wildman–Crippen LogP) is 0.810. The number of carbonyl (C=O) groups is 1. The molecule has 0 spiro atoms. The molecule has 0 unspecified atom stereocenters. The van der Waals surface area contributed by atoms with Crippen molar-refractivity contribution >= 4 is 5.97 Å². The number of rotatable bonds is 1. The van der Waals surface area contributed by atoms with Crippen molar-refractivity contribution in [2.24, 2.45) is 0 Å². The summed E-state index contributed by atoms with van der Waals surface area (Å²) in [7, 11) is 0. The van der Waals surface area contributed by atoms with Crippen molar-refractivity contribution in [2.45, 2.75) is 6.92 Å². The smallest absolute Gasteiger partial charge is 0.339 e. The Morgan fingerprint density at radius 2 is 1.77 bits per heavy atom. The molecule has 0 saturated heterocycles. The average Bonchev–Trinajstić information content (AvgIpc) is 1.99. The summed E-state index contributed by atoms with van der Waals surface area (Å²) >= 11 is 0. The summed E-state index contributed by atoms with van der Waals surface area (Å²) < 4.78 is 0. The number of aryl methyl sites for hydroxylation is 1. The first kappa shape index (κ1) is 9.18. The van der Waals surface area contributed by atoms with Gasteiger partial charge in [0.15, 0.2) is 11.5 Å². The fourth-order valence-electron chi connectivity index (χ4n) is 1.04. The Bertz CT molecular complexity index is 369. The minimum Gasteiger partial charge on any atom is -0.504 e. The van der Waals surface area contributed by atoms with Crippen molar-refractivity contribution in [3.8, 4) is 17.2 Å². The lowest BCUT2D eigenvalue weighted by Gasteiger charge is -2.06. The largest absolute Gasteiger partial charge is 0.504 e. The van der Waals surface area contributed by atoms with Crippen LogP contribution >= 0.6 is 0 Å². The Labute approximate surface area is 73.5 Å². The molecule has 0 aliphatic carbocycles. The standard InChI is InChI=1S/C8H8O5/c1-3-2-4(9)6(10)7(11)5(3)8(12)13/h2,9-11H,1H3,(H,12,13). The van der Waals surface area contributed by atoms with Gasteiger partial charge in [-0.05, 0) is 18.6 Å². The van der Waals surface area contributed by atoms with Gasteiger partial charge in [-0.1, -0.05) is 0 Å². The van der Waals surface area contributed by atoms with E-state index in [1.165, 1.54) is 6.92 Å². The summed E-state index contributed by atoms with van der Waals surface area (Å²) in [6.45, 7) is 1.41. The molecule has 0 aromatic heterocycles. The van der Waals surface area contributed by atoms with E-state index in [9.17, 15) is 4.79 Å². The van der Waals surface area contributed by atoms with Gasteiger partial charge in [-0.2, -0.15) is 0 Å². The number of benzene rings is 1. The van der Waals surface area contributed by atoms with E-state index in [4.69, 9.17) is 20.4 Å². The Morgan fingerprint density at radius 3 is 2.23 bits per heavy atom. The predicted molar refractivity (Wildman–Crippen MR) is 43.1 cm³/mol. The average molecular weight is 184 g/mol. The second kappa shape index (κ2) is 2.85. The quantitative estimate of drug-likeness (QED) is 0.484. The van der Waals surface area contributed by atoms with Gasteiger partial charge in [-0.3, -0.25) is 0 Å². The number of hydrogen-bond acceptors (Lipinski definition) is 4. The lowest BCUT2D eigenvalue weighted by atomic mass is 10.1. The molecule has 13 heavy (non-hydrogen) atoms. The minimum atomic E-state index is -1.36. The Kier molecular flexibility index (Phi) is 2.02. The van der Waals surface area contributed by atoms with E-state index in [1.807, 2.05) is 0 Å². The molecule has 0 atom stereocenters. The molecule has 0 bridgehead atoms. The number of carboxylic acid groups (broad SMARTS) is 1. The molecule has 0 heterocycles. The third-order valence-electron chi connectivity index (χ3n) is 1.67. The maximum atomic E-state index is 10.6. The van der Waals surface area contributed by atoms with Gasteiger partial charge in [0.2, 0.25) is 5.75 Å². The zero-order valence-electron chi connectivity index (χ0n) is 6.77. The van der Waals surface area contributed by atoms with Crippen molar-refractivity contribution < 1.29 is 25.2 Å². The van der Waals surface area contributed by atoms with Gasteiger partial charge < -0.3 is 20.4 Å². The maximum absolute atomic E-state index is 10.6. The van der Waals surface area contributed by atoms with Gasteiger partial charge in [-0.25, -0.2) is 4.79 Å². The molecule has 0 aliphatic heterocycles. The van der Waals surface area contributed by atoms with Crippen molar-refractivity contribution in [3.63, 3.8) is 0 Å². The Hall–Kier alpha value is -1.91. The Morgan fingerprint density at radius 1 is 1.23 bits per heavy atom. The highest BCUT2D eigenvalue weighted by Gasteiger charge is 2.19. The topological polar surface area (TPSA) is 98.0 Å². The third-order valence-corrected chi connectivity index (χ3v) is 1.67. The molecule has 5 nitrogen and oxygen atoms in total. The van der Waals surface area contributed by atoms with Crippen LogP contribution in [0.3, 0.4) is 0 Å². The second-order valence-corrected chi connectivity index (χ2v) is 2.59. The van der Waals surface area contributed by atoms with Crippen LogP contribution in [-0.2, 0) is 0 Å². The zero-order chi connectivity index (χ0) is 10.2. The summed E-state index contributed by atoms with van der Waals surface area (Å²) in [6, 6.07) is 1.07. The number of hydrogen-bond donors (Lipinski definition) is 4. The van der Waals surface area contributed by atoms with Crippen LogP contribution in [0.15, 0.2) is 6.07 Å². The van der Waals surface area contributed by atoms with Gasteiger partial charge in [0.1, 0.15) is 5.56 Å². The monoisotopic (exact) mass is 184 g/mol. The van der Waals surface area contributed by atoms with Gasteiger partial charge >= 0.3 is 5.97 Å². The molecule has 0 saturated carbocycles. The molecule has 5 heteroatoms. The fraction of sp³-hybridized carbons (Fsp3) is 0.125. The van der Waals surface area contributed by atoms with E-state index in [0.717, 1.165) is 6.07 Å². The summed E-state index contributed by atoms with van der Waals surface area (Å²) in [5.41, 5.74) is -0.226. The normalized spacial score (nSPS) is 9.92. The molecule has 4 N–H and O–H groups in total. The van der Waals surface area contributed by atoms with Crippen LogP contribution < -0.4 is 0 Å².